The molecule has 1 atom stereocenters. The summed E-state index contributed by atoms with van der Waals surface area (Å²) in [6.45, 7) is 3.72. The molecule has 238 valence electrons. The summed E-state index contributed by atoms with van der Waals surface area (Å²) in [4.78, 5) is 48.0. The zero-order chi connectivity index (χ0) is 32.3. The van der Waals surface area contributed by atoms with Crippen LogP contribution in [0.25, 0.3) is 0 Å². The second-order valence-corrected chi connectivity index (χ2v) is 10.6. The number of hydrogen-bond acceptors (Lipinski definition) is 10. The Kier molecular flexibility index (Phi) is 11.6. The van der Waals surface area contributed by atoms with Crippen molar-refractivity contribution in [2.45, 2.75) is 64.7 Å². The van der Waals surface area contributed by atoms with E-state index in [1.54, 1.807) is 44.6 Å². The largest absolute Gasteiger partial charge is 0.497 e. The monoisotopic (exact) mass is 618 g/mol. The molecule has 1 aliphatic heterocycles. The Morgan fingerprint density at radius 1 is 0.667 bits per heavy atom. The zero-order valence-electron chi connectivity index (χ0n) is 26.0. The number of methoxy groups -OCH3 is 2. The highest BCUT2D eigenvalue weighted by atomic mass is 16.5. The first kappa shape index (κ1) is 33.0. The van der Waals surface area contributed by atoms with Crippen molar-refractivity contribution in [2.24, 2.45) is 0 Å². The molecule has 0 aliphatic carbocycles. The minimum atomic E-state index is -0.578. The van der Waals surface area contributed by atoms with Gasteiger partial charge in [-0.1, -0.05) is 25.1 Å². The van der Waals surface area contributed by atoms with Gasteiger partial charge in [0.15, 0.2) is 0 Å². The van der Waals surface area contributed by atoms with Crippen molar-refractivity contribution < 1.29 is 47.6 Å². The van der Waals surface area contributed by atoms with Crippen LogP contribution in [0.2, 0.25) is 0 Å². The summed E-state index contributed by atoms with van der Waals surface area (Å²) in [6.07, 6.45) is 2.28. The average molecular weight is 619 g/mol. The number of unbranched alkanes of at least 4 members (excludes halogenated alkanes) is 1. The van der Waals surface area contributed by atoms with Gasteiger partial charge in [-0.15, -0.1) is 0 Å². The van der Waals surface area contributed by atoms with Crippen LogP contribution in [0, 0.1) is 0 Å². The number of fused-ring (bicyclic) bond motifs is 2. The van der Waals surface area contributed by atoms with Gasteiger partial charge in [0.2, 0.25) is 0 Å². The highest BCUT2D eigenvalue weighted by Gasteiger charge is 2.32. The molecular formula is C35H38O10. The van der Waals surface area contributed by atoms with Crippen LogP contribution >= 0.6 is 0 Å². The summed E-state index contributed by atoms with van der Waals surface area (Å²) in [6, 6.07) is 15.9. The summed E-state index contributed by atoms with van der Waals surface area (Å²) >= 11 is 0. The third-order valence-corrected chi connectivity index (χ3v) is 7.19. The Balaban J connectivity index is 1.61. The fraction of sp³-hybridized carbons (Fsp3) is 0.371. The maximum absolute atomic E-state index is 12.5. The Morgan fingerprint density at radius 3 is 1.80 bits per heavy atom. The summed E-state index contributed by atoms with van der Waals surface area (Å²) in [7, 11) is 3.16. The molecule has 0 saturated carbocycles. The number of Topliss-reactive ketones (excluding diaryl/α,β-unsaturated/α-hetero) is 1. The summed E-state index contributed by atoms with van der Waals surface area (Å²) in [5, 5.41) is 0. The Morgan fingerprint density at radius 2 is 1.22 bits per heavy atom. The lowest BCUT2D eigenvalue weighted by Crippen LogP contribution is -2.15. The van der Waals surface area contributed by atoms with Crippen molar-refractivity contribution in [3.05, 3.63) is 71.3 Å². The van der Waals surface area contributed by atoms with Crippen LogP contribution in [0.4, 0.5) is 0 Å². The van der Waals surface area contributed by atoms with Gasteiger partial charge < -0.3 is 33.2 Å². The third-order valence-electron chi connectivity index (χ3n) is 7.19. The van der Waals surface area contributed by atoms with E-state index in [0.29, 0.717) is 61.0 Å². The van der Waals surface area contributed by atoms with Crippen LogP contribution in [-0.4, -0.2) is 44.5 Å². The second kappa shape index (κ2) is 15.7. The lowest BCUT2D eigenvalue weighted by molar-refractivity contribution is -0.147. The van der Waals surface area contributed by atoms with Crippen molar-refractivity contribution in [3.63, 3.8) is 0 Å². The molecule has 4 rings (SSSR count). The third kappa shape index (κ3) is 8.84. The average Bonchev–Trinajstić information content (AvgIpc) is 3.03. The first-order valence-electron chi connectivity index (χ1n) is 15.0. The number of ether oxygens (including phenoxy) is 6. The van der Waals surface area contributed by atoms with E-state index < -0.39 is 17.9 Å². The molecule has 3 aromatic rings. The molecule has 0 fully saturated rings. The van der Waals surface area contributed by atoms with Gasteiger partial charge in [0.25, 0.3) is 0 Å². The number of carbonyl (C=O) groups is 4. The van der Waals surface area contributed by atoms with Crippen LogP contribution in [0.15, 0.2) is 54.6 Å². The molecule has 1 heterocycles. The van der Waals surface area contributed by atoms with E-state index in [2.05, 4.69) is 0 Å². The molecule has 3 aromatic carbocycles. The Labute approximate surface area is 262 Å². The minimum Gasteiger partial charge on any atom is -0.497 e. The molecular weight excluding hydrogens is 580 g/mol. The van der Waals surface area contributed by atoms with E-state index in [4.69, 9.17) is 28.4 Å². The molecule has 0 radical (unpaired) electrons. The molecule has 0 saturated heterocycles. The van der Waals surface area contributed by atoms with Crippen molar-refractivity contribution in [1.82, 2.24) is 0 Å². The number of ketones is 1. The standard InChI is InChI=1S/C35H38O10/c1-5-18-42-32(37)16-17-34(39)44-25-12-15-28-31(21-25)45-30-20-24(43-33(38)9-7-6-8-22(2)36)11-14-27(30)35(28)26-13-10-23(40-3)19-29(26)41-4/h10-15,19-21,35H,5-9,16-18H2,1-4H3. The van der Waals surface area contributed by atoms with E-state index in [-0.39, 0.29) is 36.7 Å². The van der Waals surface area contributed by atoms with Gasteiger partial charge in [-0.05, 0) is 44.4 Å². The lowest BCUT2D eigenvalue weighted by atomic mass is 9.82. The lowest BCUT2D eigenvalue weighted by Gasteiger charge is -2.30. The van der Waals surface area contributed by atoms with Gasteiger partial charge in [0, 0.05) is 53.6 Å². The number of rotatable bonds is 15. The van der Waals surface area contributed by atoms with Crippen molar-refractivity contribution in [1.29, 1.82) is 0 Å². The first-order valence-corrected chi connectivity index (χ1v) is 15.0. The van der Waals surface area contributed by atoms with Gasteiger partial charge in [0.1, 0.15) is 40.3 Å². The maximum Gasteiger partial charge on any atom is 0.311 e. The topological polar surface area (TPSA) is 124 Å². The van der Waals surface area contributed by atoms with Crippen molar-refractivity contribution in [2.75, 3.05) is 20.8 Å². The van der Waals surface area contributed by atoms with Gasteiger partial charge in [-0.3, -0.25) is 14.4 Å². The fourth-order valence-electron chi connectivity index (χ4n) is 4.99. The highest BCUT2D eigenvalue weighted by Crippen LogP contribution is 2.51. The summed E-state index contributed by atoms with van der Waals surface area (Å²) in [5.41, 5.74) is 2.45. The van der Waals surface area contributed by atoms with Crippen LogP contribution in [0.1, 0.15) is 81.4 Å². The quantitative estimate of drug-likeness (QED) is 0.0809. The van der Waals surface area contributed by atoms with E-state index in [0.717, 1.165) is 16.7 Å². The molecule has 1 unspecified atom stereocenters. The van der Waals surface area contributed by atoms with E-state index in [9.17, 15) is 19.2 Å². The van der Waals surface area contributed by atoms with E-state index in [1.807, 2.05) is 31.2 Å². The number of esters is 3. The number of hydrogen-bond donors (Lipinski definition) is 0. The predicted octanol–water partition coefficient (Wildman–Crippen LogP) is 6.68. The molecule has 10 heteroatoms. The molecule has 0 aromatic heterocycles. The molecule has 10 nitrogen and oxygen atoms in total. The molecule has 0 bridgehead atoms. The highest BCUT2D eigenvalue weighted by molar-refractivity contribution is 5.79. The zero-order valence-corrected chi connectivity index (χ0v) is 26.0. The summed E-state index contributed by atoms with van der Waals surface area (Å²) < 4.78 is 33.6. The Bertz CT molecular complexity index is 1540. The molecule has 0 N–H and O–H groups in total. The fourth-order valence-corrected chi connectivity index (χ4v) is 4.99. The SMILES string of the molecule is CCCOC(=O)CCC(=O)Oc1ccc2c(c1)Oc1cc(OC(=O)CCCCC(C)=O)ccc1C2c1ccc(OC)cc1OC. The van der Waals surface area contributed by atoms with Gasteiger partial charge in [-0.2, -0.15) is 0 Å². The Hall–Kier alpha value is -4.86. The predicted molar refractivity (Wildman–Crippen MR) is 164 cm³/mol. The van der Waals surface area contributed by atoms with Gasteiger partial charge in [0.05, 0.1) is 33.7 Å². The molecule has 45 heavy (non-hydrogen) atoms. The number of benzene rings is 3. The molecule has 1 aliphatic rings. The van der Waals surface area contributed by atoms with Gasteiger partial charge >= 0.3 is 17.9 Å². The van der Waals surface area contributed by atoms with Gasteiger partial charge in [-0.25, -0.2) is 0 Å². The maximum atomic E-state index is 12.5. The smallest absolute Gasteiger partial charge is 0.311 e. The van der Waals surface area contributed by atoms with E-state index >= 15 is 0 Å². The number of carbonyl (C=O) groups excluding carboxylic acids is 4. The normalized spacial score (nSPS) is 13.0. The second-order valence-electron chi connectivity index (χ2n) is 10.6. The minimum absolute atomic E-state index is 0.0782. The van der Waals surface area contributed by atoms with E-state index in [1.165, 1.54) is 6.92 Å². The summed E-state index contributed by atoms with van der Waals surface area (Å²) in [5.74, 6) is 0.982. The molecule has 0 spiro atoms. The van der Waals surface area contributed by atoms with Crippen LogP contribution < -0.4 is 23.7 Å². The van der Waals surface area contributed by atoms with Crippen LogP contribution in [0.5, 0.6) is 34.5 Å². The van der Waals surface area contributed by atoms with Crippen LogP contribution in [-0.2, 0) is 23.9 Å². The molecule has 0 amide bonds. The van der Waals surface area contributed by atoms with Crippen LogP contribution in [0.3, 0.4) is 0 Å². The van der Waals surface area contributed by atoms with Crippen molar-refractivity contribution >= 4 is 23.7 Å². The first-order chi connectivity index (χ1) is 21.7. The van der Waals surface area contributed by atoms with Crippen molar-refractivity contribution in [3.8, 4) is 34.5 Å².